The summed E-state index contributed by atoms with van der Waals surface area (Å²) >= 11 is 12.0. The number of hydrogen-bond acceptors (Lipinski definition) is 1. The van der Waals surface area contributed by atoms with Gasteiger partial charge in [-0.1, -0.05) is 61.3 Å². The van der Waals surface area contributed by atoms with Crippen molar-refractivity contribution in [3.63, 3.8) is 0 Å². The smallest absolute Gasteiger partial charge is 0.0409 e. The summed E-state index contributed by atoms with van der Waals surface area (Å²) in [5.41, 5.74) is 2.45. The molecule has 0 aromatic heterocycles. The second kappa shape index (κ2) is 7.12. The average molecular weight is 308 g/mol. The average Bonchev–Trinajstić information content (AvgIpc) is 2.41. The molecular formula is C17H19Cl2N. The lowest BCUT2D eigenvalue weighted by molar-refractivity contribution is 0.410. The van der Waals surface area contributed by atoms with Gasteiger partial charge >= 0.3 is 0 Å². The molecule has 1 atom stereocenters. The van der Waals surface area contributed by atoms with Gasteiger partial charge in [-0.15, -0.1) is 0 Å². The van der Waals surface area contributed by atoms with Gasteiger partial charge in [0.05, 0.1) is 0 Å². The first-order valence-electron chi connectivity index (χ1n) is 6.79. The Morgan fingerprint density at radius 3 is 2.25 bits per heavy atom. The van der Waals surface area contributed by atoms with Crippen LogP contribution in [0, 0.1) is 5.92 Å². The van der Waals surface area contributed by atoms with Gasteiger partial charge in [0.2, 0.25) is 0 Å². The number of benzene rings is 2. The van der Waals surface area contributed by atoms with Crippen LogP contribution in [0.2, 0.25) is 10.0 Å². The number of halogens is 2. The van der Waals surface area contributed by atoms with Crippen LogP contribution in [0.5, 0.6) is 0 Å². The molecular weight excluding hydrogens is 289 g/mol. The van der Waals surface area contributed by atoms with Crippen LogP contribution in [0.15, 0.2) is 48.5 Å². The largest absolute Gasteiger partial charge is 0.306 e. The minimum absolute atomic E-state index is 0.297. The lowest BCUT2D eigenvalue weighted by Crippen LogP contribution is -2.25. The topological polar surface area (TPSA) is 12.0 Å². The van der Waals surface area contributed by atoms with Crippen molar-refractivity contribution >= 4 is 23.2 Å². The van der Waals surface area contributed by atoms with E-state index in [-0.39, 0.29) is 0 Å². The van der Waals surface area contributed by atoms with E-state index in [2.05, 4.69) is 37.4 Å². The fourth-order valence-electron chi connectivity index (χ4n) is 2.28. The van der Waals surface area contributed by atoms with Crippen LogP contribution >= 0.6 is 23.2 Å². The van der Waals surface area contributed by atoms with Gasteiger partial charge in [0.25, 0.3) is 0 Å². The Bertz CT molecular complexity index is 549. The summed E-state index contributed by atoms with van der Waals surface area (Å²) in [5.74, 6) is 0.496. The van der Waals surface area contributed by atoms with E-state index < -0.39 is 0 Å². The Morgan fingerprint density at radius 1 is 0.950 bits per heavy atom. The van der Waals surface area contributed by atoms with Crippen molar-refractivity contribution in [2.75, 3.05) is 0 Å². The van der Waals surface area contributed by atoms with Crippen LogP contribution < -0.4 is 5.32 Å². The van der Waals surface area contributed by atoms with Crippen molar-refractivity contribution in [3.05, 3.63) is 69.7 Å². The maximum absolute atomic E-state index is 6.01. The van der Waals surface area contributed by atoms with Gasteiger partial charge in [-0.25, -0.2) is 0 Å². The van der Waals surface area contributed by atoms with Crippen LogP contribution in [0.4, 0.5) is 0 Å². The quantitative estimate of drug-likeness (QED) is 0.771. The van der Waals surface area contributed by atoms with E-state index in [1.807, 2.05) is 30.3 Å². The highest BCUT2D eigenvalue weighted by Gasteiger charge is 2.15. The van der Waals surface area contributed by atoms with E-state index >= 15 is 0 Å². The summed E-state index contributed by atoms with van der Waals surface area (Å²) in [5, 5.41) is 5.14. The maximum Gasteiger partial charge on any atom is 0.0409 e. The molecule has 0 heterocycles. The van der Waals surface area contributed by atoms with Crippen molar-refractivity contribution in [1.29, 1.82) is 0 Å². The van der Waals surface area contributed by atoms with Crippen molar-refractivity contribution < 1.29 is 0 Å². The summed E-state index contributed by atoms with van der Waals surface area (Å²) < 4.78 is 0. The molecule has 1 nitrogen and oxygen atoms in total. The van der Waals surface area contributed by atoms with E-state index in [0.29, 0.717) is 12.0 Å². The first-order chi connectivity index (χ1) is 9.56. The minimum atomic E-state index is 0.297. The minimum Gasteiger partial charge on any atom is -0.306 e. The first-order valence-corrected chi connectivity index (χ1v) is 7.55. The molecule has 0 radical (unpaired) electrons. The Kier molecular flexibility index (Phi) is 5.47. The molecule has 0 aliphatic carbocycles. The zero-order valence-corrected chi connectivity index (χ0v) is 13.2. The standard InChI is InChI=1S/C17H19Cl2N/c1-12(2)17(14-6-8-15(18)9-7-14)20-11-13-4-3-5-16(19)10-13/h3-10,12,17,20H,11H2,1-2H3. The molecule has 1 N–H and O–H groups in total. The molecule has 0 saturated carbocycles. The van der Waals surface area contributed by atoms with Gasteiger partial charge in [-0.2, -0.15) is 0 Å². The van der Waals surface area contributed by atoms with Gasteiger partial charge in [0.15, 0.2) is 0 Å². The highest BCUT2D eigenvalue weighted by molar-refractivity contribution is 6.30. The van der Waals surface area contributed by atoms with Gasteiger partial charge < -0.3 is 5.32 Å². The summed E-state index contributed by atoms with van der Waals surface area (Å²) in [4.78, 5) is 0. The van der Waals surface area contributed by atoms with Gasteiger partial charge in [-0.3, -0.25) is 0 Å². The fourth-order valence-corrected chi connectivity index (χ4v) is 2.62. The molecule has 20 heavy (non-hydrogen) atoms. The van der Waals surface area contributed by atoms with E-state index in [0.717, 1.165) is 16.6 Å². The molecule has 2 rings (SSSR count). The maximum atomic E-state index is 6.01. The van der Waals surface area contributed by atoms with Crippen molar-refractivity contribution in [2.24, 2.45) is 5.92 Å². The fraction of sp³-hybridized carbons (Fsp3) is 0.294. The van der Waals surface area contributed by atoms with Gasteiger partial charge in [0.1, 0.15) is 0 Å². The molecule has 1 unspecified atom stereocenters. The van der Waals surface area contributed by atoms with Crippen LogP contribution in [0.1, 0.15) is 31.0 Å². The lowest BCUT2D eigenvalue weighted by Gasteiger charge is -2.23. The third kappa shape index (κ3) is 4.24. The first kappa shape index (κ1) is 15.4. The molecule has 0 spiro atoms. The Hall–Kier alpha value is -1.02. The number of rotatable bonds is 5. The van der Waals surface area contributed by atoms with Crippen molar-refractivity contribution in [3.8, 4) is 0 Å². The molecule has 106 valence electrons. The molecule has 0 amide bonds. The molecule has 0 fully saturated rings. The van der Waals surface area contributed by atoms with Crippen LogP contribution in [0.25, 0.3) is 0 Å². The zero-order valence-electron chi connectivity index (χ0n) is 11.7. The predicted octanol–water partition coefficient (Wildman–Crippen LogP) is 5.48. The van der Waals surface area contributed by atoms with Crippen LogP contribution in [0.3, 0.4) is 0 Å². The van der Waals surface area contributed by atoms with Gasteiger partial charge in [-0.05, 0) is 41.3 Å². The molecule has 0 bridgehead atoms. The highest BCUT2D eigenvalue weighted by atomic mass is 35.5. The normalized spacial score (nSPS) is 12.7. The Balaban J connectivity index is 2.08. The molecule has 0 saturated heterocycles. The summed E-state index contributed by atoms with van der Waals surface area (Å²) in [7, 11) is 0. The predicted molar refractivity (Wildman–Crippen MR) is 87.3 cm³/mol. The van der Waals surface area contributed by atoms with Crippen LogP contribution in [-0.4, -0.2) is 0 Å². The van der Waals surface area contributed by atoms with E-state index in [9.17, 15) is 0 Å². The van der Waals surface area contributed by atoms with Crippen molar-refractivity contribution in [2.45, 2.75) is 26.4 Å². The SMILES string of the molecule is CC(C)C(NCc1cccc(Cl)c1)c1ccc(Cl)cc1. The second-order valence-corrected chi connectivity index (χ2v) is 6.16. The summed E-state index contributed by atoms with van der Waals surface area (Å²) in [6.45, 7) is 5.22. The lowest BCUT2D eigenvalue weighted by atomic mass is 9.96. The monoisotopic (exact) mass is 307 g/mol. The van der Waals surface area contributed by atoms with Crippen LogP contribution in [-0.2, 0) is 6.54 Å². The zero-order chi connectivity index (χ0) is 14.5. The van der Waals surface area contributed by atoms with E-state index in [4.69, 9.17) is 23.2 Å². The third-order valence-corrected chi connectivity index (χ3v) is 3.80. The van der Waals surface area contributed by atoms with E-state index in [1.165, 1.54) is 11.1 Å². The molecule has 0 aliphatic rings. The number of nitrogens with one attached hydrogen (secondary N) is 1. The molecule has 3 heteroatoms. The highest BCUT2D eigenvalue weighted by Crippen LogP contribution is 2.24. The summed E-state index contributed by atoms with van der Waals surface area (Å²) in [6, 6.07) is 16.3. The molecule has 0 aliphatic heterocycles. The Morgan fingerprint density at radius 2 is 1.65 bits per heavy atom. The third-order valence-electron chi connectivity index (χ3n) is 3.31. The number of hydrogen-bond donors (Lipinski definition) is 1. The van der Waals surface area contributed by atoms with E-state index in [1.54, 1.807) is 0 Å². The molecule has 2 aromatic carbocycles. The second-order valence-electron chi connectivity index (χ2n) is 5.28. The van der Waals surface area contributed by atoms with Crippen molar-refractivity contribution in [1.82, 2.24) is 5.32 Å². The Labute approximate surface area is 130 Å². The summed E-state index contributed by atoms with van der Waals surface area (Å²) in [6.07, 6.45) is 0. The van der Waals surface area contributed by atoms with Gasteiger partial charge in [0, 0.05) is 22.6 Å². The molecule has 2 aromatic rings.